The van der Waals surface area contributed by atoms with E-state index in [1.165, 1.54) is 18.4 Å². The summed E-state index contributed by atoms with van der Waals surface area (Å²) in [6, 6.07) is 7.40. The predicted molar refractivity (Wildman–Crippen MR) is 128 cm³/mol. The molecule has 184 valence electrons. The Labute approximate surface area is 207 Å². The second-order valence-corrected chi connectivity index (χ2v) is 9.73. The molecule has 1 aromatic carbocycles. The molecule has 10 nitrogen and oxygen atoms in total. The molecule has 2 aromatic rings. The summed E-state index contributed by atoms with van der Waals surface area (Å²) in [6.45, 7) is 3.41. The van der Waals surface area contributed by atoms with Gasteiger partial charge in [0.1, 0.15) is 5.41 Å². The first-order chi connectivity index (χ1) is 16.8. The predicted octanol–water partition coefficient (Wildman–Crippen LogP) is 2.77. The third-order valence-electron chi connectivity index (χ3n) is 6.31. The molecule has 3 amide bonds. The molecule has 0 unspecified atom stereocenters. The lowest BCUT2D eigenvalue weighted by Crippen LogP contribution is -2.39. The molecule has 0 spiro atoms. The van der Waals surface area contributed by atoms with E-state index in [0.717, 1.165) is 29.7 Å². The van der Waals surface area contributed by atoms with Crippen molar-refractivity contribution in [2.75, 3.05) is 38.7 Å². The van der Waals surface area contributed by atoms with Gasteiger partial charge in [0, 0.05) is 30.0 Å². The Hall–Kier alpha value is -3.49. The number of hydrogen-bond acceptors (Lipinski definition) is 8. The smallest absolute Gasteiger partial charge is 0.409 e. The van der Waals surface area contributed by atoms with Crippen molar-refractivity contribution in [2.24, 2.45) is 0 Å². The monoisotopic (exact) mass is 497 g/mol. The summed E-state index contributed by atoms with van der Waals surface area (Å²) in [5, 5.41) is 17.2. The molecule has 1 fully saturated rings. The zero-order valence-electron chi connectivity index (χ0n) is 19.6. The lowest BCUT2D eigenvalue weighted by atomic mass is 9.79. The zero-order chi connectivity index (χ0) is 25.0. The van der Waals surface area contributed by atoms with Crippen LogP contribution in [0.4, 0.5) is 9.93 Å². The van der Waals surface area contributed by atoms with Gasteiger partial charge in [-0.1, -0.05) is 6.07 Å². The number of fused-ring (bicyclic) bond motifs is 1. The van der Waals surface area contributed by atoms with E-state index in [4.69, 9.17) is 9.47 Å². The quantitative estimate of drug-likeness (QED) is 0.649. The van der Waals surface area contributed by atoms with E-state index < -0.39 is 17.2 Å². The van der Waals surface area contributed by atoms with Gasteiger partial charge >= 0.3 is 6.09 Å². The number of likely N-dealkylation sites (tertiary alicyclic amines) is 1. The molecule has 35 heavy (non-hydrogen) atoms. The maximum Gasteiger partial charge on any atom is 0.409 e. The van der Waals surface area contributed by atoms with E-state index in [1.807, 2.05) is 5.38 Å². The molecule has 2 aliphatic rings. The number of hydrogen-bond donors (Lipinski definition) is 2. The van der Waals surface area contributed by atoms with Gasteiger partial charge in [-0.2, -0.15) is 5.26 Å². The molecular formula is C24H27N5O5S. The Kier molecular flexibility index (Phi) is 7.33. The number of carbonyl (C=O) groups excluding carboxylic acids is 3. The normalized spacial score (nSPS) is 21.4. The highest BCUT2D eigenvalue weighted by molar-refractivity contribution is 7.13. The fourth-order valence-corrected chi connectivity index (χ4v) is 5.17. The van der Waals surface area contributed by atoms with Gasteiger partial charge in [0.2, 0.25) is 5.91 Å². The molecule has 0 aliphatic carbocycles. The number of carbonyl (C=O) groups is 3. The van der Waals surface area contributed by atoms with Crippen molar-refractivity contribution in [3.63, 3.8) is 0 Å². The Morgan fingerprint density at radius 3 is 3.00 bits per heavy atom. The van der Waals surface area contributed by atoms with Crippen LogP contribution in [0.15, 0.2) is 23.6 Å². The molecule has 11 heteroatoms. The Morgan fingerprint density at radius 1 is 1.40 bits per heavy atom. The van der Waals surface area contributed by atoms with Crippen LogP contribution in [-0.4, -0.2) is 61.1 Å². The summed E-state index contributed by atoms with van der Waals surface area (Å²) in [5.74, 6) is -0.718. The second kappa shape index (κ2) is 10.4. The molecule has 1 saturated heterocycles. The lowest BCUT2D eigenvalue weighted by molar-refractivity contribution is -0.115. The number of amides is 3. The van der Waals surface area contributed by atoms with Crippen molar-refractivity contribution in [1.82, 2.24) is 15.2 Å². The van der Waals surface area contributed by atoms with Gasteiger partial charge in [0.15, 0.2) is 5.13 Å². The topological polar surface area (TPSA) is 134 Å². The van der Waals surface area contributed by atoms with Crippen molar-refractivity contribution < 1.29 is 23.9 Å². The fourth-order valence-electron chi connectivity index (χ4n) is 4.36. The number of piperidine rings is 1. The number of anilines is 1. The largest absolute Gasteiger partial charge is 0.453 e. The fraction of sp³-hybridized carbons (Fsp3) is 0.458. The maximum absolute atomic E-state index is 12.6. The van der Waals surface area contributed by atoms with Crippen molar-refractivity contribution in [3.8, 4) is 6.07 Å². The van der Waals surface area contributed by atoms with Crippen LogP contribution in [0.3, 0.4) is 0 Å². The Bertz CT molecular complexity index is 1180. The lowest BCUT2D eigenvalue weighted by Gasteiger charge is -2.30. The first-order valence-electron chi connectivity index (χ1n) is 11.3. The molecular weight excluding hydrogens is 470 g/mol. The first-order valence-corrected chi connectivity index (χ1v) is 12.2. The Morgan fingerprint density at radius 2 is 2.23 bits per heavy atom. The molecule has 2 N–H and O–H groups in total. The van der Waals surface area contributed by atoms with E-state index in [-0.39, 0.29) is 25.2 Å². The van der Waals surface area contributed by atoms with Crippen LogP contribution in [0, 0.1) is 11.3 Å². The number of aromatic nitrogens is 1. The third-order valence-corrected chi connectivity index (χ3v) is 7.09. The molecule has 2 aliphatic heterocycles. The first kappa shape index (κ1) is 24.6. The highest BCUT2D eigenvalue weighted by atomic mass is 32.1. The second-order valence-electron chi connectivity index (χ2n) is 8.87. The number of thiazole rings is 1. The van der Waals surface area contributed by atoms with Gasteiger partial charge in [-0.25, -0.2) is 9.78 Å². The maximum atomic E-state index is 12.6. The van der Waals surface area contributed by atoms with Gasteiger partial charge in [0.25, 0.3) is 5.91 Å². The number of nitrogens with zero attached hydrogens (tertiary/aromatic N) is 3. The van der Waals surface area contributed by atoms with E-state index in [2.05, 4.69) is 21.7 Å². The molecule has 4 rings (SSSR count). The van der Waals surface area contributed by atoms with Gasteiger partial charge in [-0.15, -0.1) is 11.3 Å². The molecule has 1 aromatic heterocycles. The summed E-state index contributed by atoms with van der Waals surface area (Å²) in [6.07, 6.45) is 1.41. The van der Waals surface area contributed by atoms with Crippen LogP contribution in [0.25, 0.3) is 0 Å². The molecule has 2 atom stereocenters. The van der Waals surface area contributed by atoms with E-state index in [1.54, 1.807) is 30.0 Å². The van der Waals surface area contributed by atoms with Crippen LogP contribution in [0.2, 0.25) is 0 Å². The summed E-state index contributed by atoms with van der Waals surface area (Å²) < 4.78 is 10.3. The minimum atomic E-state index is -0.823. The molecule has 0 radical (unpaired) electrons. The van der Waals surface area contributed by atoms with Crippen LogP contribution in [-0.2, 0) is 26.3 Å². The van der Waals surface area contributed by atoms with Crippen LogP contribution in [0.5, 0.6) is 0 Å². The summed E-state index contributed by atoms with van der Waals surface area (Å²) in [4.78, 5) is 43.0. The van der Waals surface area contributed by atoms with E-state index in [0.29, 0.717) is 30.4 Å². The minimum absolute atomic E-state index is 0.0814. The molecule has 3 heterocycles. The van der Waals surface area contributed by atoms with E-state index in [9.17, 15) is 19.6 Å². The van der Waals surface area contributed by atoms with Crippen LogP contribution < -0.4 is 10.6 Å². The number of ether oxygens (including phenoxy) is 2. The molecule has 0 bridgehead atoms. The van der Waals surface area contributed by atoms with Gasteiger partial charge in [-0.05, 0) is 43.0 Å². The highest BCUT2D eigenvalue weighted by Crippen LogP contribution is 2.33. The van der Waals surface area contributed by atoms with Crippen molar-refractivity contribution >= 4 is 34.4 Å². The van der Waals surface area contributed by atoms with Crippen LogP contribution in [0.1, 0.15) is 52.9 Å². The van der Waals surface area contributed by atoms with E-state index >= 15 is 0 Å². The zero-order valence-corrected chi connectivity index (χ0v) is 20.4. The highest BCUT2D eigenvalue weighted by Gasteiger charge is 2.33. The number of methoxy groups -OCH3 is 1. The Balaban J connectivity index is 1.32. The van der Waals surface area contributed by atoms with Gasteiger partial charge < -0.3 is 25.0 Å². The SMILES string of the molecule is COC(=O)N1CCC[C@@H](c2csc(NC(=O)CNC(=O)c3ccc4c(c3)[C@](C)(C#N)COC4)n2)C1. The number of rotatable bonds is 5. The third kappa shape index (κ3) is 5.44. The average molecular weight is 498 g/mol. The van der Waals surface area contributed by atoms with Crippen molar-refractivity contribution in [2.45, 2.75) is 37.7 Å². The minimum Gasteiger partial charge on any atom is -0.453 e. The van der Waals surface area contributed by atoms with Gasteiger partial charge in [-0.3, -0.25) is 9.59 Å². The number of benzene rings is 1. The standard InChI is InChI=1S/C24H27N5O5S/c1-24(13-25)14-34-11-17-6-5-15(8-18(17)24)21(31)26-9-20(30)28-22-27-19(12-35-22)16-4-3-7-29(10-16)23(32)33-2/h5-6,8,12,16H,3-4,7,9-11,14H2,1-2H3,(H,26,31)(H,27,28,30)/t16-,24-/m1/s1. The van der Waals surface area contributed by atoms with Gasteiger partial charge in [0.05, 0.1) is 38.6 Å². The van der Waals surface area contributed by atoms with Crippen molar-refractivity contribution in [3.05, 3.63) is 46.0 Å². The number of nitrogens with one attached hydrogen (secondary N) is 2. The summed E-state index contributed by atoms with van der Waals surface area (Å²) in [7, 11) is 1.37. The molecule has 0 saturated carbocycles. The summed E-state index contributed by atoms with van der Waals surface area (Å²) >= 11 is 1.30. The van der Waals surface area contributed by atoms with Crippen LogP contribution >= 0.6 is 11.3 Å². The van der Waals surface area contributed by atoms with Crippen molar-refractivity contribution in [1.29, 1.82) is 5.26 Å². The number of nitriles is 1. The summed E-state index contributed by atoms with van der Waals surface area (Å²) in [5.41, 5.74) is 2.02. The average Bonchev–Trinajstić information content (AvgIpc) is 3.35.